The van der Waals surface area contributed by atoms with Crippen molar-refractivity contribution in [1.29, 1.82) is 0 Å². The van der Waals surface area contributed by atoms with Crippen LogP contribution in [0.4, 0.5) is 5.69 Å². The topological polar surface area (TPSA) is 74.2 Å². The van der Waals surface area contributed by atoms with Gasteiger partial charge in [0.2, 0.25) is 11.8 Å². The van der Waals surface area contributed by atoms with E-state index in [9.17, 15) is 0 Å². The lowest BCUT2D eigenvalue weighted by molar-refractivity contribution is 0.160. The van der Waals surface area contributed by atoms with Gasteiger partial charge < -0.3 is 14.9 Å². The van der Waals surface area contributed by atoms with Crippen molar-refractivity contribution in [3.05, 3.63) is 30.2 Å². The molecular weight excluding hydrogens is 194 g/mol. The van der Waals surface area contributed by atoms with Gasteiger partial charge in [-0.1, -0.05) is 0 Å². The number of benzene rings is 1. The SMILES string of the molecule is COCc1nnc(-c2ccc(N)cc2)o1. The second-order valence-electron chi connectivity index (χ2n) is 3.06. The zero-order valence-electron chi connectivity index (χ0n) is 8.30. The van der Waals surface area contributed by atoms with Crippen molar-refractivity contribution in [3.8, 4) is 11.5 Å². The minimum Gasteiger partial charge on any atom is -0.418 e. The summed E-state index contributed by atoms with van der Waals surface area (Å²) in [6, 6.07) is 7.24. The summed E-state index contributed by atoms with van der Waals surface area (Å²) in [4.78, 5) is 0. The molecule has 5 heteroatoms. The van der Waals surface area contributed by atoms with E-state index in [0.29, 0.717) is 24.1 Å². The molecule has 0 aliphatic carbocycles. The Morgan fingerprint density at radius 1 is 1.27 bits per heavy atom. The molecule has 0 amide bonds. The summed E-state index contributed by atoms with van der Waals surface area (Å²) in [5.41, 5.74) is 7.12. The average molecular weight is 205 g/mol. The molecule has 1 aromatic heterocycles. The summed E-state index contributed by atoms with van der Waals surface area (Å²) < 4.78 is 10.2. The van der Waals surface area contributed by atoms with Crippen molar-refractivity contribution in [2.45, 2.75) is 6.61 Å². The molecule has 0 aliphatic rings. The molecule has 0 saturated heterocycles. The number of methoxy groups -OCH3 is 1. The van der Waals surface area contributed by atoms with Crippen LogP contribution in [-0.4, -0.2) is 17.3 Å². The van der Waals surface area contributed by atoms with E-state index < -0.39 is 0 Å². The normalized spacial score (nSPS) is 10.5. The van der Waals surface area contributed by atoms with E-state index in [1.165, 1.54) is 0 Å². The van der Waals surface area contributed by atoms with Gasteiger partial charge in [0.05, 0.1) is 0 Å². The van der Waals surface area contributed by atoms with Crippen LogP contribution in [0.3, 0.4) is 0 Å². The summed E-state index contributed by atoms with van der Waals surface area (Å²) in [6.45, 7) is 0.321. The smallest absolute Gasteiger partial charge is 0.247 e. The van der Waals surface area contributed by atoms with Crippen LogP contribution in [-0.2, 0) is 11.3 Å². The van der Waals surface area contributed by atoms with E-state index in [1.54, 1.807) is 19.2 Å². The molecule has 0 unspecified atom stereocenters. The first-order chi connectivity index (χ1) is 7.29. The lowest BCUT2D eigenvalue weighted by Gasteiger charge is -1.95. The number of hydrogen-bond acceptors (Lipinski definition) is 5. The lowest BCUT2D eigenvalue weighted by atomic mass is 10.2. The van der Waals surface area contributed by atoms with Gasteiger partial charge in [-0.3, -0.25) is 0 Å². The van der Waals surface area contributed by atoms with E-state index in [0.717, 1.165) is 5.56 Å². The van der Waals surface area contributed by atoms with Crippen molar-refractivity contribution >= 4 is 5.69 Å². The summed E-state index contributed by atoms with van der Waals surface area (Å²) in [7, 11) is 1.58. The number of rotatable bonds is 3. The highest BCUT2D eigenvalue weighted by Gasteiger charge is 2.07. The fraction of sp³-hybridized carbons (Fsp3) is 0.200. The van der Waals surface area contributed by atoms with Gasteiger partial charge in [-0.15, -0.1) is 10.2 Å². The molecule has 0 atom stereocenters. The maximum Gasteiger partial charge on any atom is 0.247 e. The first-order valence-corrected chi connectivity index (χ1v) is 4.47. The number of nitrogens with two attached hydrogens (primary N) is 1. The van der Waals surface area contributed by atoms with Crippen molar-refractivity contribution in [1.82, 2.24) is 10.2 Å². The second-order valence-corrected chi connectivity index (χ2v) is 3.06. The van der Waals surface area contributed by atoms with E-state index in [4.69, 9.17) is 14.9 Å². The van der Waals surface area contributed by atoms with Crippen LogP contribution in [0.5, 0.6) is 0 Å². The van der Waals surface area contributed by atoms with Gasteiger partial charge in [-0.25, -0.2) is 0 Å². The predicted molar refractivity (Wildman–Crippen MR) is 54.9 cm³/mol. The second kappa shape index (κ2) is 4.10. The average Bonchev–Trinajstić information content (AvgIpc) is 2.68. The Bertz CT molecular complexity index is 436. The Morgan fingerprint density at radius 2 is 2.00 bits per heavy atom. The van der Waals surface area contributed by atoms with Crippen LogP contribution >= 0.6 is 0 Å². The zero-order chi connectivity index (χ0) is 10.7. The first kappa shape index (κ1) is 9.67. The third-order valence-electron chi connectivity index (χ3n) is 1.89. The van der Waals surface area contributed by atoms with Crippen LogP contribution in [0, 0.1) is 0 Å². The zero-order valence-corrected chi connectivity index (χ0v) is 8.30. The van der Waals surface area contributed by atoms with Gasteiger partial charge >= 0.3 is 0 Å². The van der Waals surface area contributed by atoms with Crippen LogP contribution in [0.15, 0.2) is 28.7 Å². The highest BCUT2D eigenvalue weighted by atomic mass is 16.5. The molecule has 0 saturated carbocycles. The highest BCUT2D eigenvalue weighted by molar-refractivity contribution is 5.56. The molecule has 2 N–H and O–H groups in total. The maximum atomic E-state index is 5.57. The standard InChI is InChI=1S/C10H11N3O2/c1-14-6-9-12-13-10(15-9)7-2-4-8(11)5-3-7/h2-5H,6,11H2,1H3. The van der Waals surface area contributed by atoms with Crippen molar-refractivity contribution in [2.75, 3.05) is 12.8 Å². The Balaban J connectivity index is 2.25. The third kappa shape index (κ3) is 2.13. The summed E-state index contributed by atoms with van der Waals surface area (Å²) >= 11 is 0. The molecule has 2 aromatic rings. The molecule has 2 rings (SSSR count). The van der Waals surface area contributed by atoms with E-state index in [1.807, 2.05) is 12.1 Å². The lowest BCUT2D eigenvalue weighted by Crippen LogP contribution is -1.85. The van der Waals surface area contributed by atoms with E-state index in [2.05, 4.69) is 10.2 Å². The van der Waals surface area contributed by atoms with Crippen LogP contribution in [0.25, 0.3) is 11.5 Å². The maximum absolute atomic E-state index is 5.57. The van der Waals surface area contributed by atoms with Crippen LogP contribution in [0.1, 0.15) is 5.89 Å². The number of ether oxygens (including phenoxy) is 1. The van der Waals surface area contributed by atoms with Crippen molar-refractivity contribution in [3.63, 3.8) is 0 Å². The van der Waals surface area contributed by atoms with Gasteiger partial charge in [-0.05, 0) is 24.3 Å². The van der Waals surface area contributed by atoms with Crippen LogP contribution in [0.2, 0.25) is 0 Å². The van der Waals surface area contributed by atoms with Gasteiger partial charge in [0, 0.05) is 18.4 Å². The fourth-order valence-corrected chi connectivity index (χ4v) is 1.18. The Hall–Kier alpha value is -1.88. The summed E-state index contributed by atoms with van der Waals surface area (Å²) in [5.74, 6) is 0.936. The Morgan fingerprint density at radius 3 is 2.67 bits per heavy atom. The fourth-order valence-electron chi connectivity index (χ4n) is 1.18. The molecule has 5 nitrogen and oxygen atoms in total. The molecule has 0 radical (unpaired) electrons. The molecule has 1 aromatic carbocycles. The molecule has 78 valence electrons. The molecule has 0 fully saturated rings. The number of nitrogens with zero attached hydrogens (tertiary/aromatic N) is 2. The number of hydrogen-bond donors (Lipinski definition) is 1. The van der Waals surface area contributed by atoms with Gasteiger partial charge in [-0.2, -0.15) is 0 Å². The number of nitrogen functional groups attached to an aromatic ring is 1. The van der Waals surface area contributed by atoms with Crippen molar-refractivity contribution < 1.29 is 9.15 Å². The summed E-state index contributed by atoms with van der Waals surface area (Å²) in [5, 5.41) is 7.73. The minimum absolute atomic E-state index is 0.321. The predicted octanol–water partition coefficient (Wildman–Crippen LogP) is 1.47. The molecule has 0 aliphatic heterocycles. The number of anilines is 1. The molecular formula is C10H11N3O2. The van der Waals surface area contributed by atoms with Gasteiger partial charge in [0.15, 0.2) is 0 Å². The Labute approximate surface area is 86.9 Å². The minimum atomic E-state index is 0.321. The quantitative estimate of drug-likeness (QED) is 0.768. The molecule has 0 bridgehead atoms. The molecule has 0 spiro atoms. The van der Waals surface area contributed by atoms with E-state index >= 15 is 0 Å². The molecule has 15 heavy (non-hydrogen) atoms. The van der Waals surface area contributed by atoms with Crippen LogP contribution < -0.4 is 5.73 Å². The van der Waals surface area contributed by atoms with Gasteiger partial charge in [0.1, 0.15) is 6.61 Å². The Kier molecular flexibility index (Phi) is 2.64. The molecule has 1 heterocycles. The van der Waals surface area contributed by atoms with Crippen molar-refractivity contribution in [2.24, 2.45) is 0 Å². The largest absolute Gasteiger partial charge is 0.418 e. The monoisotopic (exact) mass is 205 g/mol. The highest BCUT2D eigenvalue weighted by Crippen LogP contribution is 2.18. The number of aromatic nitrogens is 2. The van der Waals surface area contributed by atoms with E-state index in [-0.39, 0.29) is 0 Å². The first-order valence-electron chi connectivity index (χ1n) is 4.47. The van der Waals surface area contributed by atoms with Gasteiger partial charge in [0.25, 0.3) is 0 Å². The third-order valence-corrected chi connectivity index (χ3v) is 1.89. The summed E-state index contributed by atoms with van der Waals surface area (Å²) in [6.07, 6.45) is 0.